The molecule has 1 aliphatic rings. The van der Waals surface area contributed by atoms with Crippen LogP contribution < -0.4 is 5.32 Å². The molecule has 0 spiro atoms. The zero-order valence-electron chi connectivity index (χ0n) is 7.34. The quantitative estimate of drug-likeness (QED) is 0.607. The third-order valence-corrected chi connectivity index (χ3v) is 1.81. The van der Waals surface area contributed by atoms with Crippen molar-refractivity contribution >= 4 is 5.97 Å². The first-order valence-corrected chi connectivity index (χ1v) is 4.22. The van der Waals surface area contributed by atoms with E-state index in [0.717, 1.165) is 25.9 Å². The number of methoxy groups -OCH3 is 1. The second-order valence-corrected chi connectivity index (χ2v) is 2.89. The SMILES string of the molecule is COCC(=O)OC1CCCNC1. The van der Waals surface area contributed by atoms with Crippen LogP contribution in [0.15, 0.2) is 0 Å². The molecule has 1 fully saturated rings. The Kier molecular flexibility index (Phi) is 4.04. The molecule has 0 amide bonds. The van der Waals surface area contributed by atoms with E-state index in [4.69, 9.17) is 4.74 Å². The number of nitrogens with one attached hydrogen (secondary N) is 1. The molecule has 1 heterocycles. The number of carbonyl (C=O) groups excluding carboxylic acids is 1. The van der Waals surface area contributed by atoms with Crippen LogP contribution in [0.5, 0.6) is 0 Å². The highest BCUT2D eigenvalue weighted by Crippen LogP contribution is 2.05. The number of piperidine rings is 1. The molecule has 0 aromatic rings. The lowest BCUT2D eigenvalue weighted by Gasteiger charge is -2.22. The van der Waals surface area contributed by atoms with Crippen molar-refractivity contribution in [3.8, 4) is 0 Å². The monoisotopic (exact) mass is 173 g/mol. The van der Waals surface area contributed by atoms with Crippen LogP contribution in [-0.2, 0) is 14.3 Å². The van der Waals surface area contributed by atoms with Crippen LogP contribution in [0, 0.1) is 0 Å². The van der Waals surface area contributed by atoms with Gasteiger partial charge >= 0.3 is 5.97 Å². The average Bonchev–Trinajstić information content (AvgIpc) is 2.06. The van der Waals surface area contributed by atoms with Gasteiger partial charge in [0.25, 0.3) is 0 Å². The van der Waals surface area contributed by atoms with E-state index in [1.54, 1.807) is 0 Å². The number of esters is 1. The molecule has 0 aliphatic carbocycles. The Morgan fingerprint density at radius 3 is 3.08 bits per heavy atom. The highest BCUT2D eigenvalue weighted by molar-refractivity contribution is 5.70. The zero-order valence-corrected chi connectivity index (χ0v) is 7.34. The predicted octanol–water partition coefficient (Wildman–Crippen LogP) is -0.0720. The van der Waals surface area contributed by atoms with Gasteiger partial charge in [-0.15, -0.1) is 0 Å². The van der Waals surface area contributed by atoms with Crippen molar-refractivity contribution in [1.82, 2.24) is 5.32 Å². The van der Waals surface area contributed by atoms with Gasteiger partial charge in [-0.2, -0.15) is 0 Å². The second-order valence-electron chi connectivity index (χ2n) is 2.89. The maximum absolute atomic E-state index is 10.9. The molecule has 1 aliphatic heterocycles. The Morgan fingerprint density at radius 1 is 1.67 bits per heavy atom. The van der Waals surface area contributed by atoms with Gasteiger partial charge in [0.2, 0.25) is 0 Å². The number of hydrogen-bond acceptors (Lipinski definition) is 4. The summed E-state index contributed by atoms with van der Waals surface area (Å²) in [5, 5.41) is 3.16. The number of ether oxygens (including phenoxy) is 2. The van der Waals surface area contributed by atoms with Crippen LogP contribution >= 0.6 is 0 Å². The molecule has 1 rings (SSSR count). The first kappa shape index (κ1) is 9.48. The number of rotatable bonds is 3. The van der Waals surface area contributed by atoms with Crippen molar-refractivity contribution in [2.24, 2.45) is 0 Å². The van der Waals surface area contributed by atoms with Crippen LogP contribution in [0.2, 0.25) is 0 Å². The molecule has 12 heavy (non-hydrogen) atoms. The maximum atomic E-state index is 10.9. The minimum atomic E-state index is -0.272. The molecule has 0 aromatic carbocycles. The maximum Gasteiger partial charge on any atom is 0.332 e. The highest BCUT2D eigenvalue weighted by Gasteiger charge is 2.16. The van der Waals surface area contributed by atoms with E-state index in [2.05, 4.69) is 10.1 Å². The van der Waals surface area contributed by atoms with Gasteiger partial charge < -0.3 is 14.8 Å². The van der Waals surface area contributed by atoms with Crippen LogP contribution in [0.1, 0.15) is 12.8 Å². The fraction of sp³-hybridized carbons (Fsp3) is 0.875. The minimum Gasteiger partial charge on any atom is -0.459 e. The third kappa shape index (κ3) is 3.19. The van der Waals surface area contributed by atoms with Gasteiger partial charge in [0.15, 0.2) is 0 Å². The third-order valence-electron chi connectivity index (χ3n) is 1.81. The standard InChI is InChI=1S/C8H15NO3/c1-11-6-8(10)12-7-3-2-4-9-5-7/h7,9H,2-6H2,1H3. The van der Waals surface area contributed by atoms with Crippen LogP contribution in [0.25, 0.3) is 0 Å². The Hall–Kier alpha value is -0.610. The van der Waals surface area contributed by atoms with Crippen molar-refractivity contribution in [3.63, 3.8) is 0 Å². The molecule has 1 atom stereocenters. The first-order chi connectivity index (χ1) is 5.83. The van der Waals surface area contributed by atoms with E-state index in [1.165, 1.54) is 7.11 Å². The van der Waals surface area contributed by atoms with Crippen LogP contribution in [0.4, 0.5) is 0 Å². The lowest BCUT2D eigenvalue weighted by atomic mass is 10.1. The molecule has 1 saturated heterocycles. The molecule has 70 valence electrons. The Bertz CT molecular complexity index is 143. The summed E-state index contributed by atoms with van der Waals surface area (Å²) in [7, 11) is 1.49. The van der Waals surface area contributed by atoms with E-state index < -0.39 is 0 Å². The van der Waals surface area contributed by atoms with Crippen LogP contribution in [0.3, 0.4) is 0 Å². The normalized spacial score (nSPS) is 23.6. The van der Waals surface area contributed by atoms with E-state index in [9.17, 15) is 4.79 Å². The summed E-state index contributed by atoms with van der Waals surface area (Å²) in [4.78, 5) is 10.9. The summed E-state index contributed by atoms with van der Waals surface area (Å²) >= 11 is 0. The van der Waals surface area contributed by atoms with Gasteiger partial charge in [0, 0.05) is 13.7 Å². The molecule has 0 bridgehead atoms. The Morgan fingerprint density at radius 2 is 2.50 bits per heavy atom. The molecular formula is C8H15NO3. The topological polar surface area (TPSA) is 47.6 Å². The van der Waals surface area contributed by atoms with Crippen molar-refractivity contribution in [2.45, 2.75) is 18.9 Å². The molecule has 4 heteroatoms. The first-order valence-electron chi connectivity index (χ1n) is 4.22. The van der Waals surface area contributed by atoms with Gasteiger partial charge in [-0.1, -0.05) is 0 Å². The summed E-state index contributed by atoms with van der Waals surface area (Å²) in [6.07, 6.45) is 2.08. The molecule has 4 nitrogen and oxygen atoms in total. The summed E-state index contributed by atoms with van der Waals surface area (Å²) in [6.45, 7) is 1.85. The van der Waals surface area contributed by atoms with Crippen LogP contribution in [-0.4, -0.2) is 38.9 Å². The predicted molar refractivity (Wildman–Crippen MR) is 43.9 cm³/mol. The van der Waals surface area contributed by atoms with Crippen molar-refractivity contribution < 1.29 is 14.3 Å². The number of carbonyl (C=O) groups is 1. The van der Waals surface area contributed by atoms with E-state index >= 15 is 0 Å². The van der Waals surface area contributed by atoms with Gasteiger partial charge in [-0.05, 0) is 19.4 Å². The van der Waals surface area contributed by atoms with Crippen molar-refractivity contribution in [3.05, 3.63) is 0 Å². The molecule has 1 unspecified atom stereocenters. The van der Waals surface area contributed by atoms with Gasteiger partial charge in [-0.25, -0.2) is 4.79 Å². The lowest BCUT2D eigenvalue weighted by Crippen LogP contribution is -2.37. The van der Waals surface area contributed by atoms with E-state index in [-0.39, 0.29) is 18.7 Å². The fourth-order valence-electron chi connectivity index (χ4n) is 1.26. The Labute approximate surface area is 72.2 Å². The molecule has 0 aromatic heterocycles. The van der Waals surface area contributed by atoms with Gasteiger partial charge in [0.1, 0.15) is 12.7 Å². The molecular weight excluding hydrogens is 158 g/mol. The summed E-state index contributed by atoms with van der Waals surface area (Å²) in [5.41, 5.74) is 0. The molecule has 0 radical (unpaired) electrons. The second kappa shape index (κ2) is 5.11. The van der Waals surface area contributed by atoms with Gasteiger partial charge in [0.05, 0.1) is 0 Å². The number of hydrogen-bond donors (Lipinski definition) is 1. The fourth-order valence-corrected chi connectivity index (χ4v) is 1.26. The Balaban J connectivity index is 2.15. The molecule has 1 N–H and O–H groups in total. The van der Waals surface area contributed by atoms with Crippen molar-refractivity contribution in [1.29, 1.82) is 0 Å². The van der Waals surface area contributed by atoms with E-state index in [1.807, 2.05) is 0 Å². The summed E-state index contributed by atoms with van der Waals surface area (Å²) in [6, 6.07) is 0. The largest absolute Gasteiger partial charge is 0.459 e. The van der Waals surface area contributed by atoms with Crippen molar-refractivity contribution in [2.75, 3.05) is 26.8 Å². The summed E-state index contributed by atoms with van der Waals surface area (Å²) < 4.78 is 9.76. The summed E-state index contributed by atoms with van der Waals surface area (Å²) in [5.74, 6) is -0.272. The lowest BCUT2D eigenvalue weighted by molar-refractivity contribution is -0.154. The smallest absolute Gasteiger partial charge is 0.332 e. The zero-order chi connectivity index (χ0) is 8.81. The van der Waals surface area contributed by atoms with E-state index in [0.29, 0.717) is 0 Å². The highest BCUT2D eigenvalue weighted by atomic mass is 16.6. The average molecular weight is 173 g/mol. The molecule has 0 saturated carbocycles. The minimum absolute atomic E-state index is 0.0430. The van der Waals surface area contributed by atoms with Gasteiger partial charge in [-0.3, -0.25) is 0 Å².